The van der Waals surface area contributed by atoms with Gasteiger partial charge < -0.3 is 14.9 Å². The fourth-order valence-corrected chi connectivity index (χ4v) is 3.84. The van der Waals surface area contributed by atoms with Gasteiger partial charge in [0.15, 0.2) is 0 Å². The van der Waals surface area contributed by atoms with E-state index in [4.69, 9.17) is 0 Å². The van der Waals surface area contributed by atoms with Crippen molar-refractivity contribution in [3.8, 4) is 0 Å². The summed E-state index contributed by atoms with van der Waals surface area (Å²) in [5.41, 5.74) is 2.42. The van der Waals surface area contributed by atoms with E-state index >= 15 is 0 Å². The van der Waals surface area contributed by atoms with Crippen LogP contribution in [0.15, 0.2) is 58.6 Å². The van der Waals surface area contributed by atoms with Gasteiger partial charge in [0.25, 0.3) is 11.7 Å². The number of halogens is 1. The maximum Gasteiger partial charge on any atom is 0.295 e. The maximum atomic E-state index is 12.9. The van der Waals surface area contributed by atoms with Gasteiger partial charge in [-0.25, -0.2) is 0 Å². The van der Waals surface area contributed by atoms with Crippen molar-refractivity contribution in [3.05, 3.63) is 75.3 Å². The van der Waals surface area contributed by atoms with E-state index in [9.17, 15) is 14.7 Å². The largest absolute Gasteiger partial charge is 0.507 e. The van der Waals surface area contributed by atoms with E-state index in [1.165, 1.54) is 0 Å². The quantitative estimate of drug-likeness (QED) is 0.403. The van der Waals surface area contributed by atoms with Crippen molar-refractivity contribution in [2.45, 2.75) is 19.4 Å². The third-order valence-electron chi connectivity index (χ3n) is 5.09. The number of carbonyl (C=O) groups excluding carboxylic acids is 2. The molecule has 1 saturated heterocycles. The number of aryl methyl sites for hydroxylation is 1. The molecule has 0 bridgehead atoms. The number of carbonyl (C=O) groups is 2. The molecular formula is C23H25BrN2O3. The average Bonchev–Trinajstić information content (AvgIpc) is 2.95. The predicted molar refractivity (Wildman–Crippen MR) is 118 cm³/mol. The molecule has 1 aliphatic rings. The predicted octanol–water partition coefficient (Wildman–Crippen LogP) is 4.13. The number of benzene rings is 2. The Morgan fingerprint density at radius 2 is 1.83 bits per heavy atom. The standard InChI is InChI=1S/C23H25BrN2O3/c1-15-14-17(10-11-18(15)24)21(27)19-20(16-8-5-4-6-9-16)26(23(29)22(19)28)13-7-12-25(2)3/h4-6,8-11,14,20,27H,7,12-13H2,1-3H3/b21-19-. The van der Waals surface area contributed by atoms with Gasteiger partial charge in [0, 0.05) is 16.6 Å². The Balaban J connectivity index is 2.09. The Hall–Kier alpha value is -2.44. The van der Waals surface area contributed by atoms with Crippen molar-refractivity contribution < 1.29 is 14.7 Å². The molecular weight excluding hydrogens is 432 g/mol. The number of Topliss-reactive ketones (excluding diaryl/α,β-unsaturated/α-hetero) is 1. The van der Waals surface area contributed by atoms with Crippen LogP contribution >= 0.6 is 15.9 Å². The lowest BCUT2D eigenvalue weighted by Crippen LogP contribution is -2.32. The number of hydrogen-bond donors (Lipinski definition) is 1. The Morgan fingerprint density at radius 1 is 1.14 bits per heavy atom. The van der Waals surface area contributed by atoms with Gasteiger partial charge in [-0.15, -0.1) is 0 Å². The number of nitrogens with zero attached hydrogens (tertiary/aromatic N) is 2. The number of aliphatic hydroxyl groups is 1. The fourth-order valence-electron chi connectivity index (χ4n) is 3.60. The molecule has 0 radical (unpaired) electrons. The summed E-state index contributed by atoms with van der Waals surface area (Å²) in [6.45, 7) is 3.16. The zero-order valence-corrected chi connectivity index (χ0v) is 18.4. The third-order valence-corrected chi connectivity index (χ3v) is 5.98. The molecule has 2 aromatic carbocycles. The fraction of sp³-hybridized carbons (Fsp3) is 0.304. The lowest BCUT2D eigenvalue weighted by atomic mass is 9.95. The second-order valence-electron chi connectivity index (χ2n) is 7.52. The smallest absolute Gasteiger partial charge is 0.295 e. The van der Waals surface area contributed by atoms with E-state index in [1.807, 2.05) is 62.3 Å². The van der Waals surface area contributed by atoms with Crippen LogP contribution in [0.25, 0.3) is 5.76 Å². The van der Waals surface area contributed by atoms with Crippen molar-refractivity contribution in [2.75, 3.05) is 27.2 Å². The van der Waals surface area contributed by atoms with E-state index in [1.54, 1.807) is 17.0 Å². The minimum Gasteiger partial charge on any atom is -0.507 e. The molecule has 6 heteroatoms. The lowest BCUT2D eigenvalue weighted by Gasteiger charge is -2.26. The molecule has 0 aliphatic carbocycles. The highest BCUT2D eigenvalue weighted by Crippen LogP contribution is 2.39. The molecule has 2 aromatic rings. The molecule has 1 atom stereocenters. The van der Waals surface area contributed by atoms with Crippen molar-refractivity contribution >= 4 is 33.4 Å². The molecule has 5 nitrogen and oxygen atoms in total. The van der Waals surface area contributed by atoms with Gasteiger partial charge in [0.1, 0.15) is 5.76 Å². The molecule has 29 heavy (non-hydrogen) atoms. The van der Waals surface area contributed by atoms with Crippen LogP contribution in [0.5, 0.6) is 0 Å². The van der Waals surface area contributed by atoms with E-state index < -0.39 is 17.7 Å². The minimum absolute atomic E-state index is 0.136. The molecule has 0 spiro atoms. The monoisotopic (exact) mass is 456 g/mol. The van der Waals surface area contributed by atoms with E-state index in [0.29, 0.717) is 12.1 Å². The summed E-state index contributed by atoms with van der Waals surface area (Å²) in [5.74, 6) is -1.34. The van der Waals surface area contributed by atoms with Gasteiger partial charge in [-0.05, 0) is 57.2 Å². The highest BCUT2D eigenvalue weighted by molar-refractivity contribution is 9.10. The molecule has 1 aliphatic heterocycles. The molecule has 152 valence electrons. The number of hydrogen-bond acceptors (Lipinski definition) is 4. The average molecular weight is 457 g/mol. The summed E-state index contributed by atoms with van der Waals surface area (Å²) < 4.78 is 0.915. The van der Waals surface area contributed by atoms with Crippen molar-refractivity contribution in [3.63, 3.8) is 0 Å². The molecule has 1 unspecified atom stereocenters. The van der Waals surface area contributed by atoms with Gasteiger partial charge in [0.05, 0.1) is 11.6 Å². The van der Waals surface area contributed by atoms with Crippen molar-refractivity contribution in [2.24, 2.45) is 0 Å². The second kappa shape index (κ2) is 8.93. The van der Waals surface area contributed by atoms with E-state index in [-0.39, 0.29) is 11.3 Å². The summed E-state index contributed by atoms with van der Waals surface area (Å²) >= 11 is 3.45. The number of likely N-dealkylation sites (tertiary alicyclic amines) is 1. The minimum atomic E-state index is -0.637. The van der Waals surface area contributed by atoms with Crippen LogP contribution in [0.2, 0.25) is 0 Å². The zero-order valence-electron chi connectivity index (χ0n) is 16.9. The Bertz CT molecular complexity index is 954. The first-order valence-electron chi connectivity index (χ1n) is 9.56. The molecule has 3 rings (SSSR count). The number of amides is 1. The summed E-state index contributed by atoms with van der Waals surface area (Å²) in [5, 5.41) is 11.0. The molecule has 1 heterocycles. The number of aliphatic hydroxyl groups excluding tert-OH is 1. The van der Waals surface area contributed by atoms with Crippen LogP contribution in [-0.2, 0) is 9.59 Å². The van der Waals surface area contributed by atoms with E-state index in [0.717, 1.165) is 28.6 Å². The maximum absolute atomic E-state index is 12.9. The summed E-state index contributed by atoms with van der Waals surface area (Å²) in [4.78, 5) is 29.4. The highest BCUT2D eigenvalue weighted by Gasteiger charge is 2.45. The van der Waals surface area contributed by atoms with E-state index in [2.05, 4.69) is 15.9 Å². The molecule has 1 fully saturated rings. The van der Waals surface area contributed by atoms with Crippen LogP contribution in [0.1, 0.15) is 29.2 Å². The van der Waals surface area contributed by atoms with Crippen LogP contribution in [0, 0.1) is 6.92 Å². The van der Waals surface area contributed by atoms with Crippen LogP contribution in [0.3, 0.4) is 0 Å². The van der Waals surface area contributed by atoms with Crippen LogP contribution in [0.4, 0.5) is 0 Å². The summed E-state index contributed by atoms with van der Waals surface area (Å²) in [6.07, 6.45) is 0.737. The Kier molecular flexibility index (Phi) is 6.55. The zero-order chi connectivity index (χ0) is 21.1. The van der Waals surface area contributed by atoms with Crippen LogP contribution < -0.4 is 0 Å². The first-order valence-corrected chi connectivity index (χ1v) is 10.3. The van der Waals surface area contributed by atoms with Gasteiger partial charge in [-0.3, -0.25) is 9.59 Å². The SMILES string of the molecule is Cc1cc(/C(O)=C2/C(=O)C(=O)N(CCCN(C)C)C2c2ccccc2)ccc1Br. The first kappa shape index (κ1) is 21.3. The Labute approximate surface area is 179 Å². The molecule has 0 aromatic heterocycles. The summed E-state index contributed by atoms with van der Waals surface area (Å²) in [6, 6.07) is 14.2. The Morgan fingerprint density at radius 3 is 2.45 bits per heavy atom. The summed E-state index contributed by atoms with van der Waals surface area (Å²) in [7, 11) is 3.94. The van der Waals surface area contributed by atoms with Crippen molar-refractivity contribution in [1.82, 2.24) is 9.80 Å². The van der Waals surface area contributed by atoms with Gasteiger partial charge >= 0.3 is 0 Å². The topological polar surface area (TPSA) is 60.9 Å². The number of rotatable bonds is 6. The van der Waals surface area contributed by atoms with Gasteiger partial charge in [-0.1, -0.05) is 52.3 Å². The highest BCUT2D eigenvalue weighted by atomic mass is 79.9. The lowest BCUT2D eigenvalue weighted by molar-refractivity contribution is -0.139. The molecule has 1 amide bonds. The molecule has 0 saturated carbocycles. The van der Waals surface area contributed by atoms with Crippen molar-refractivity contribution in [1.29, 1.82) is 0 Å². The first-order chi connectivity index (χ1) is 13.8. The van der Waals surface area contributed by atoms with Crippen LogP contribution in [-0.4, -0.2) is 53.8 Å². The van der Waals surface area contributed by atoms with Gasteiger partial charge in [0.2, 0.25) is 0 Å². The van der Waals surface area contributed by atoms with Gasteiger partial charge in [-0.2, -0.15) is 0 Å². The second-order valence-corrected chi connectivity index (χ2v) is 8.38. The normalized spacial score (nSPS) is 18.7. The molecule has 1 N–H and O–H groups in total. The number of ketones is 1. The third kappa shape index (κ3) is 4.43.